The molecule has 0 aromatic heterocycles. The van der Waals surface area contributed by atoms with Crippen LogP contribution in [0.3, 0.4) is 0 Å². The summed E-state index contributed by atoms with van der Waals surface area (Å²) in [6, 6.07) is 5.48. The van der Waals surface area contributed by atoms with Crippen molar-refractivity contribution >= 4 is 17.5 Å². The van der Waals surface area contributed by atoms with Gasteiger partial charge in [0.25, 0.3) is 0 Å². The fourth-order valence-corrected chi connectivity index (χ4v) is 2.00. The molecule has 0 saturated heterocycles. The Morgan fingerprint density at radius 3 is 2.38 bits per heavy atom. The van der Waals surface area contributed by atoms with Crippen molar-refractivity contribution in [1.29, 1.82) is 0 Å². The van der Waals surface area contributed by atoms with Gasteiger partial charge in [-0.1, -0.05) is 12.1 Å². The van der Waals surface area contributed by atoms with Gasteiger partial charge in [-0.05, 0) is 45.0 Å². The van der Waals surface area contributed by atoms with Gasteiger partial charge in [-0.15, -0.1) is 0 Å². The second-order valence-electron chi connectivity index (χ2n) is 5.62. The molecule has 0 saturated carbocycles. The van der Waals surface area contributed by atoms with Gasteiger partial charge in [-0.3, -0.25) is 14.5 Å². The number of nitrogens with zero attached hydrogens (tertiary/aromatic N) is 2. The van der Waals surface area contributed by atoms with Gasteiger partial charge in [0.05, 0.1) is 12.6 Å². The Kier molecular flexibility index (Phi) is 5.90. The Morgan fingerprint density at radius 1 is 1.19 bits per heavy atom. The molecule has 0 aliphatic carbocycles. The number of carbonyl (C=O) groups excluding carboxylic acids is 2. The number of hydrogen-bond donors (Lipinski definition) is 1. The molecule has 0 aliphatic rings. The molecule has 0 fully saturated rings. The first-order chi connectivity index (χ1) is 9.73. The van der Waals surface area contributed by atoms with Gasteiger partial charge >= 0.3 is 0 Å². The van der Waals surface area contributed by atoms with E-state index in [1.165, 1.54) is 4.90 Å². The Balaban J connectivity index is 2.65. The van der Waals surface area contributed by atoms with Crippen LogP contribution in [0.2, 0.25) is 0 Å². The maximum Gasteiger partial charge on any atom is 0.239 e. The standard InChI is InChI=1S/C16H25N3O2/c1-11-8-7-9-14(12(11)2)17-15(20)10-19(6)13(3)16(21)18(4)5/h7-9,13H,10H2,1-6H3,(H,17,20)/t13-/m0/s1. The smallest absolute Gasteiger partial charge is 0.239 e. The quantitative estimate of drug-likeness (QED) is 0.897. The van der Waals surface area contributed by atoms with Gasteiger partial charge in [0.15, 0.2) is 0 Å². The Hall–Kier alpha value is -1.88. The first kappa shape index (κ1) is 17.2. The fraction of sp³-hybridized carbons (Fsp3) is 0.500. The summed E-state index contributed by atoms with van der Waals surface area (Å²) in [6.45, 7) is 5.96. The highest BCUT2D eigenvalue weighted by molar-refractivity contribution is 5.93. The molecule has 5 heteroatoms. The van der Waals surface area contributed by atoms with Crippen LogP contribution in [-0.4, -0.2) is 55.3 Å². The highest BCUT2D eigenvalue weighted by atomic mass is 16.2. The molecule has 116 valence electrons. The lowest BCUT2D eigenvalue weighted by Gasteiger charge is -2.25. The van der Waals surface area contributed by atoms with Crippen molar-refractivity contribution < 1.29 is 9.59 Å². The summed E-state index contributed by atoms with van der Waals surface area (Å²) < 4.78 is 0. The minimum Gasteiger partial charge on any atom is -0.347 e. The van der Waals surface area contributed by atoms with E-state index in [1.54, 1.807) is 33.0 Å². The number of hydrogen-bond acceptors (Lipinski definition) is 3. The number of benzene rings is 1. The van der Waals surface area contributed by atoms with E-state index < -0.39 is 0 Å². The van der Waals surface area contributed by atoms with Crippen LogP contribution in [0.1, 0.15) is 18.1 Å². The first-order valence-corrected chi connectivity index (χ1v) is 7.01. The largest absolute Gasteiger partial charge is 0.347 e. The van der Waals surface area contributed by atoms with E-state index in [9.17, 15) is 9.59 Å². The van der Waals surface area contributed by atoms with E-state index in [0.717, 1.165) is 16.8 Å². The lowest BCUT2D eigenvalue weighted by Crippen LogP contribution is -2.45. The Morgan fingerprint density at radius 2 is 1.81 bits per heavy atom. The third-order valence-electron chi connectivity index (χ3n) is 3.73. The summed E-state index contributed by atoms with van der Waals surface area (Å²) in [7, 11) is 5.19. The van der Waals surface area contributed by atoms with Gasteiger partial charge in [0.2, 0.25) is 11.8 Å². The zero-order valence-corrected chi connectivity index (χ0v) is 13.7. The van der Waals surface area contributed by atoms with E-state index >= 15 is 0 Å². The van der Waals surface area contributed by atoms with Crippen molar-refractivity contribution in [2.45, 2.75) is 26.8 Å². The molecule has 0 bridgehead atoms. The summed E-state index contributed by atoms with van der Waals surface area (Å²) in [5, 5.41) is 2.90. The Bertz CT molecular complexity index is 526. The molecule has 2 amide bonds. The van der Waals surface area contributed by atoms with Gasteiger partial charge in [-0.2, -0.15) is 0 Å². The lowest BCUT2D eigenvalue weighted by molar-refractivity contribution is -0.133. The van der Waals surface area contributed by atoms with Crippen molar-refractivity contribution in [3.63, 3.8) is 0 Å². The topological polar surface area (TPSA) is 52.7 Å². The molecule has 1 N–H and O–H groups in total. The molecule has 0 unspecified atom stereocenters. The van der Waals surface area contributed by atoms with Crippen LogP contribution in [0.15, 0.2) is 18.2 Å². The summed E-state index contributed by atoms with van der Waals surface area (Å²) in [5.74, 6) is -0.137. The normalized spacial score (nSPS) is 12.1. The third-order valence-corrected chi connectivity index (χ3v) is 3.73. The SMILES string of the molecule is Cc1cccc(NC(=O)CN(C)[C@@H](C)C(=O)N(C)C)c1C. The van der Waals surface area contributed by atoms with Crippen LogP contribution >= 0.6 is 0 Å². The maximum atomic E-state index is 12.1. The molecule has 1 rings (SSSR count). The zero-order valence-electron chi connectivity index (χ0n) is 13.7. The van der Waals surface area contributed by atoms with Crippen LogP contribution in [0.25, 0.3) is 0 Å². The number of likely N-dealkylation sites (N-methyl/N-ethyl adjacent to an activating group) is 2. The summed E-state index contributed by atoms with van der Waals surface area (Å²) in [4.78, 5) is 27.3. The van der Waals surface area contributed by atoms with Crippen LogP contribution in [0.4, 0.5) is 5.69 Å². The second-order valence-corrected chi connectivity index (χ2v) is 5.62. The Labute approximate surface area is 126 Å². The molecule has 0 radical (unpaired) electrons. The predicted molar refractivity (Wildman–Crippen MR) is 85.3 cm³/mol. The molecule has 21 heavy (non-hydrogen) atoms. The molecule has 5 nitrogen and oxygen atoms in total. The summed E-state index contributed by atoms with van der Waals surface area (Å²) in [5.41, 5.74) is 3.02. The van der Waals surface area contributed by atoms with Gasteiger partial charge in [0, 0.05) is 19.8 Å². The number of rotatable bonds is 5. The minimum absolute atomic E-state index is 0.0166. The number of carbonyl (C=O) groups is 2. The van der Waals surface area contributed by atoms with E-state index in [1.807, 2.05) is 32.0 Å². The third kappa shape index (κ3) is 4.56. The molecule has 1 atom stereocenters. The van der Waals surface area contributed by atoms with E-state index in [4.69, 9.17) is 0 Å². The number of amides is 2. The first-order valence-electron chi connectivity index (χ1n) is 7.01. The fourth-order valence-electron chi connectivity index (χ4n) is 2.00. The van der Waals surface area contributed by atoms with Crippen molar-refractivity contribution in [3.8, 4) is 0 Å². The average Bonchev–Trinajstić information content (AvgIpc) is 2.41. The highest BCUT2D eigenvalue weighted by Crippen LogP contribution is 2.17. The average molecular weight is 291 g/mol. The molecule has 1 aromatic carbocycles. The number of anilines is 1. The number of aryl methyl sites for hydroxylation is 1. The van der Waals surface area contributed by atoms with Crippen LogP contribution in [-0.2, 0) is 9.59 Å². The molecular weight excluding hydrogens is 266 g/mol. The highest BCUT2D eigenvalue weighted by Gasteiger charge is 2.21. The van der Waals surface area contributed by atoms with Crippen LogP contribution in [0.5, 0.6) is 0 Å². The van der Waals surface area contributed by atoms with Gasteiger partial charge in [0.1, 0.15) is 0 Å². The van der Waals surface area contributed by atoms with Crippen molar-refractivity contribution in [2.24, 2.45) is 0 Å². The predicted octanol–water partition coefficient (Wildman–Crippen LogP) is 1.65. The minimum atomic E-state index is -0.329. The van der Waals surface area contributed by atoms with E-state index in [0.29, 0.717) is 0 Å². The molecular formula is C16H25N3O2. The van der Waals surface area contributed by atoms with Gasteiger partial charge < -0.3 is 10.2 Å². The van der Waals surface area contributed by atoms with Crippen LogP contribution in [0, 0.1) is 13.8 Å². The zero-order chi connectivity index (χ0) is 16.2. The molecule has 0 aliphatic heterocycles. The van der Waals surface area contributed by atoms with Crippen molar-refractivity contribution in [1.82, 2.24) is 9.80 Å². The summed E-state index contributed by atoms with van der Waals surface area (Å²) in [6.07, 6.45) is 0. The van der Waals surface area contributed by atoms with E-state index in [2.05, 4.69) is 5.32 Å². The van der Waals surface area contributed by atoms with Gasteiger partial charge in [-0.25, -0.2) is 0 Å². The molecule has 0 spiro atoms. The molecule has 0 heterocycles. The van der Waals surface area contributed by atoms with E-state index in [-0.39, 0.29) is 24.4 Å². The van der Waals surface area contributed by atoms with Crippen molar-refractivity contribution in [2.75, 3.05) is 33.0 Å². The molecule has 1 aromatic rings. The lowest BCUT2D eigenvalue weighted by atomic mass is 10.1. The number of nitrogens with one attached hydrogen (secondary N) is 1. The van der Waals surface area contributed by atoms with Crippen LogP contribution < -0.4 is 5.32 Å². The monoisotopic (exact) mass is 291 g/mol. The second kappa shape index (κ2) is 7.22. The van der Waals surface area contributed by atoms with Crippen molar-refractivity contribution in [3.05, 3.63) is 29.3 Å². The maximum absolute atomic E-state index is 12.1. The summed E-state index contributed by atoms with van der Waals surface area (Å²) >= 11 is 0.